The number of carbonyl (C=O) groups is 1. The van der Waals surface area contributed by atoms with E-state index in [0.717, 1.165) is 4.47 Å². The molecular weight excluding hydrogens is 232 g/mol. The molecule has 0 spiro atoms. The maximum Gasteiger partial charge on any atom is 0.152 e. The number of rotatable bonds is 2. The molecule has 0 aliphatic heterocycles. The minimum absolute atomic E-state index is 0.0422. The van der Waals surface area contributed by atoms with Crippen molar-refractivity contribution in [1.29, 1.82) is 0 Å². The monoisotopic (exact) mass is 240 g/mol. The van der Waals surface area contributed by atoms with Gasteiger partial charge in [0.1, 0.15) is 5.75 Å². The molecule has 0 radical (unpaired) electrons. The van der Waals surface area contributed by atoms with E-state index in [1.807, 2.05) is 0 Å². The molecular formula is C10H9BrO2. The summed E-state index contributed by atoms with van der Waals surface area (Å²) in [4.78, 5) is 10.6. The van der Waals surface area contributed by atoms with Crippen LogP contribution in [0.15, 0.2) is 28.7 Å². The van der Waals surface area contributed by atoms with Gasteiger partial charge in [-0.25, -0.2) is 0 Å². The lowest BCUT2D eigenvalue weighted by atomic mass is 10.2. The lowest BCUT2D eigenvalue weighted by Gasteiger charge is -1.98. The third kappa shape index (κ3) is 3.03. The van der Waals surface area contributed by atoms with E-state index in [0.29, 0.717) is 5.56 Å². The summed E-state index contributed by atoms with van der Waals surface area (Å²) in [6.45, 7) is 1.46. The van der Waals surface area contributed by atoms with Crippen LogP contribution in [0.5, 0.6) is 5.75 Å². The van der Waals surface area contributed by atoms with Gasteiger partial charge in [-0.1, -0.05) is 15.9 Å². The number of allylic oxidation sites excluding steroid dienone is 1. The SMILES string of the molecule is CC(=O)C=Cc1cc(Br)ccc1O. The van der Waals surface area contributed by atoms with Crippen LogP contribution in [0, 0.1) is 0 Å². The zero-order valence-electron chi connectivity index (χ0n) is 7.12. The molecule has 1 aromatic rings. The van der Waals surface area contributed by atoms with E-state index in [-0.39, 0.29) is 11.5 Å². The Morgan fingerprint density at radius 3 is 2.85 bits per heavy atom. The van der Waals surface area contributed by atoms with Crippen LogP contribution in [-0.2, 0) is 4.79 Å². The maximum atomic E-state index is 10.6. The van der Waals surface area contributed by atoms with Gasteiger partial charge in [-0.2, -0.15) is 0 Å². The van der Waals surface area contributed by atoms with Crippen molar-refractivity contribution < 1.29 is 9.90 Å². The van der Waals surface area contributed by atoms with Crippen LogP contribution in [0.25, 0.3) is 6.08 Å². The predicted octanol–water partition coefficient (Wildman–Crippen LogP) is 2.76. The number of phenolic OH excluding ortho intramolecular Hbond substituents is 1. The Balaban J connectivity index is 3.00. The Hall–Kier alpha value is -1.09. The molecule has 0 fully saturated rings. The van der Waals surface area contributed by atoms with Crippen molar-refractivity contribution in [1.82, 2.24) is 0 Å². The first-order chi connectivity index (χ1) is 6.09. The lowest BCUT2D eigenvalue weighted by Crippen LogP contribution is -1.81. The molecule has 68 valence electrons. The lowest BCUT2D eigenvalue weighted by molar-refractivity contribution is -0.112. The largest absolute Gasteiger partial charge is 0.507 e. The van der Waals surface area contributed by atoms with Crippen molar-refractivity contribution in [2.45, 2.75) is 6.92 Å². The number of hydrogen-bond donors (Lipinski definition) is 1. The quantitative estimate of drug-likeness (QED) is 0.808. The molecule has 0 aliphatic carbocycles. The molecule has 0 aromatic heterocycles. The molecule has 0 atom stereocenters. The number of carbonyl (C=O) groups excluding carboxylic acids is 1. The highest BCUT2D eigenvalue weighted by atomic mass is 79.9. The molecule has 0 amide bonds. The zero-order chi connectivity index (χ0) is 9.84. The van der Waals surface area contributed by atoms with Crippen molar-refractivity contribution in [2.75, 3.05) is 0 Å². The van der Waals surface area contributed by atoms with E-state index in [1.54, 1.807) is 24.3 Å². The van der Waals surface area contributed by atoms with E-state index in [2.05, 4.69) is 15.9 Å². The average Bonchev–Trinajstić information content (AvgIpc) is 2.06. The smallest absolute Gasteiger partial charge is 0.152 e. The second-order valence-electron chi connectivity index (χ2n) is 2.65. The van der Waals surface area contributed by atoms with Gasteiger partial charge in [0, 0.05) is 10.0 Å². The van der Waals surface area contributed by atoms with Crippen LogP contribution in [0.3, 0.4) is 0 Å². The molecule has 3 heteroatoms. The van der Waals surface area contributed by atoms with Gasteiger partial charge < -0.3 is 5.11 Å². The minimum Gasteiger partial charge on any atom is -0.507 e. The molecule has 1 aromatic carbocycles. The Labute approximate surface area is 85.0 Å². The summed E-state index contributed by atoms with van der Waals surface area (Å²) in [5.74, 6) is 0.125. The normalized spacial score (nSPS) is 10.6. The van der Waals surface area contributed by atoms with Crippen LogP contribution in [0.4, 0.5) is 0 Å². The fourth-order valence-corrected chi connectivity index (χ4v) is 1.24. The molecule has 13 heavy (non-hydrogen) atoms. The molecule has 0 bridgehead atoms. The first kappa shape index (κ1) is 9.99. The van der Waals surface area contributed by atoms with Crippen molar-refractivity contribution in [3.63, 3.8) is 0 Å². The van der Waals surface area contributed by atoms with Crippen molar-refractivity contribution in [3.05, 3.63) is 34.3 Å². The van der Waals surface area contributed by atoms with Crippen LogP contribution >= 0.6 is 15.9 Å². The Kier molecular flexibility index (Phi) is 3.25. The summed E-state index contributed by atoms with van der Waals surface area (Å²) in [6.07, 6.45) is 3.00. The van der Waals surface area contributed by atoms with Crippen molar-refractivity contribution in [3.8, 4) is 5.75 Å². The first-order valence-electron chi connectivity index (χ1n) is 3.77. The van der Waals surface area contributed by atoms with E-state index in [9.17, 15) is 9.90 Å². The molecule has 0 saturated heterocycles. The van der Waals surface area contributed by atoms with Crippen LogP contribution in [0.2, 0.25) is 0 Å². The molecule has 0 unspecified atom stereocenters. The third-order valence-corrected chi connectivity index (χ3v) is 1.98. The van der Waals surface area contributed by atoms with Crippen molar-refractivity contribution in [2.24, 2.45) is 0 Å². The fraction of sp³-hybridized carbons (Fsp3) is 0.100. The highest BCUT2D eigenvalue weighted by Crippen LogP contribution is 2.22. The predicted molar refractivity (Wildman–Crippen MR) is 55.5 cm³/mol. The third-order valence-electron chi connectivity index (χ3n) is 1.49. The van der Waals surface area contributed by atoms with Gasteiger partial charge in [0.05, 0.1) is 0 Å². The standard InChI is InChI=1S/C10H9BrO2/c1-7(12)2-3-8-6-9(11)4-5-10(8)13/h2-6,13H,1H3. The molecule has 1 N–H and O–H groups in total. The van der Waals surface area contributed by atoms with Gasteiger partial charge in [0.2, 0.25) is 0 Å². The Morgan fingerprint density at radius 1 is 1.54 bits per heavy atom. The number of hydrogen-bond acceptors (Lipinski definition) is 2. The zero-order valence-corrected chi connectivity index (χ0v) is 8.71. The summed E-state index contributed by atoms with van der Waals surface area (Å²) in [5.41, 5.74) is 0.629. The molecule has 0 saturated carbocycles. The van der Waals surface area contributed by atoms with Gasteiger partial charge in [-0.3, -0.25) is 4.79 Å². The second kappa shape index (κ2) is 4.23. The van der Waals surface area contributed by atoms with Crippen LogP contribution < -0.4 is 0 Å². The molecule has 0 heterocycles. The summed E-state index contributed by atoms with van der Waals surface area (Å²) in [6, 6.07) is 5.05. The number of halogens is 1. The first-order valence-corrected chi connectivity index (χ1v) is 4.56. The summed E-state index contributed by atoms with van der Waals surface area (Å²) >= 11 is 3.27. The summed E-state index contributed by atoms with van der Waals surface area (Å²) < 4.78 is 0.869. The number of ketones is 1. The average molecular weight is 241 g/mol. The van der Waals surface area contributed by atoms with Gasteiger partial charge in [-0.15, -0.1) is 0 Å². The van der Waals surface area contributed by atoms with Crippen LogP contribution in [0.1, 0.15) is 12.5 Å². The van der Waals surface area contributed by atoms with E-state index in [4.69, 9.17) is 0 Å². The van der Waals surface area contributed by atoms with E-state index >= 15 is 0 Å². The van der Waals surface area contributed by atoms with Gasteiger partial charge in [0.25, 0.3) is 0 Å². The van der Waals surface area contributed by atoms with Gasteiger partial charge in [0.15, 0.2) is 5.78 Å². The summed E-state index contributed by atoms with van der Waals surface area (Å²) in [7, 11) is 0. The van der Waals surface area contributed by atoms with E-state index < -0.39 is 0 Å². The number of phenols is 1. The van der Waals surface area contributed by atoms with Gasteiger partial charge in [-0.05, 0) is 37.3 Å². The topological polar surface area (TPSA) is 37.3 Å². The van der Waals surface area contributed by atoms with E-state index in [1.165, 1.54) is 13.0 Å². The highest BCUT2D eigenvalue weighted by Gasteiger charge is 1.97. The Bertz CT molecular complexity index is 356. The number of benzene rings is 1. The second-order valence-corrected chi connectivity index (χ2v) is 3.56. The number of aromatic hydroxyl groups is 1. The Morgan fingerprint density at radius 2 is 2.23 bits per heavy atom. The fourth-order valence-electron chi connectivity index (χ4n) is 0.866. The van der Waals surface area contributed by atoms with Crippen LogP contribution in [-0.4, -0.2) is 10.9 Å². The molecule has 2 nitrogen and oxygen atoms in total. The molecule has 0 aliphatic rings. The summed E-state index contributed by atoms with van der Waals surface area (Å²) in [5, 5.41) is 9.36. The van der Waals surface area contributed by atoms with Gasteiger partial charge >= 0.3 is 0 Å². The van der Waals surface area contributed by atoms with Crippen molar-refractivity contribution >= 4 is 27.8 Å². The maximum absolute atomic E-state index is 10.6. The minimum atomic E-state index is -0.0422. The molecule has 1 rings (SSSR count). The highest BCUT2D eigenvalue weighted by molar-refractivity contribution is 9.10.